The number of carbonyl (C=O) groups is 2. The smallest absolute Gasteiger partial charge is 0.244 e. The van der Waals surface area contributed by atoms with Gasteiger partial charge in [0.05, 0.1) is 11.9 Å². The van der Waals surface area contributed by atoms with Gasteiger partial charge in [0, 0.05) is 22.6 Å². The van der Waals surface area contributed by atoms with Gasteiger partial charge in [-0.15, -0.1) is 0 Å². The highest BCUT2D eigenvalue weighted by molar-refractivity contribution is 7.92. The van der Waals surface area contributed by atoms with Crippen LogP contribution in [0.3, 0.4) is 0 Å². The molecule has 10 heteroatoms. The maximum Gasteiger partial charge on any atom is 0.244 e. The van der Waals surface area contributed by atoms with Crippen molar-refractivity contribution in [2.75, 3.05) is 17.1 Å². The summed E-state index contributed by atoms with van der Waals surface area (Å²) in [4.78, 5) is 28.1. The van der Waals surface area contributed by atoms with E-state index in [2.05, 4.69) is 5.32 Å². The second-order valence-electron chi connectivity index (χ2n) is 8.92. The molecule has 35 heavy (non-hydrogen) atoms. The highest BCUT2D eigenvalue weighted by atomic mass is 35.5. The Morgan fingerprint density at radius 2 is 1.69 bits per heavy atom. The molecule has 0 saturated heterocycles. The Bertz CT molecular complexity index is 1140. The summed E-state index contributed by atoms with van der Waals surface area (Å²) in [5.41, 5.74) is 1.05. The van der Waals surface area contributed by atoms with E-state index >= 15 is 0 Å². The quantitative estimate of drug-likeness (QED) is 0.503. The molecule has 0 spiro atoms. The zero-order valence-electron chi connectivity index (χ0n) is 19.9. The van der Waals surface area contributed by atoms with Gasteiger partial charge < -0.3 is 10.2 Å². The topological polar surface area (TPSA) is 86.8 Å². The van der Waals surface area contributed by atoms with Crippen molar-refractivity contribution in [1.82, 2.24) is 10.2 Å². The molecule has 2 aromatic rings. The van der Waals surface area contributed by atoms with Crippen LogP contribution in [0.4, 0.5) is 5.69 Å². The van der Waals surface area contributed by atoms with Crippen LogP contribution in [-0.4, -0.2) is 50.0 Å². The molecule has 2 aromatic carbocycles. The van der Waals surface area contributed by atoms with E-state index in [0.717, 1.165) is 48.2 Å². The molecule has 1 fully saturated rings. The van der Waals surface area contributed by atoms with Crippen molar-refractivity contribution < 1.29 is 18.0 Å². The number of rotatable bonds is 9. The molecule has 0 bridgehead atoms. The van der Waals surface area contributed by atoms with Gasteiger partial charge in [-0.25, -0.2) is 8.42 Å². The third-order valence-corrected chi connectivity index (χ3v) is 7.78. The van der Waals surface area contributed by atoms with Gasteiger partial charge in [0.1, 0.15) is 12.6 Å². The minimum Gasteiger partial charge on any atom is -0.352 e. The third kappa shape index (κ3) is 7.85. The minimum absolute atomic E-state index is 0.0865. The van der Waals surface area contributed by atoms with Gasteiger partial charge in [0.2, 0.25) is 21.8 Å². The normalized spacial score (nSPS) is 15.3. The predicted molar refractivity (Wildman–Crippen MR) is 140 cm³/mol. The van der Waals surface area contributed by atoms with Crippen molar-refractivity contribution in [2.24, 2.45) is 0 Å². The summed E-state index contributed by atoms with van der Waals surface area (Å²) in [6.45, 7) is 1.31. The number of hydrogen-bond donors (Lipinski definition) is 1. The molecule has 0 heterocycles. The molecule has 7 nitrogen and oxygen atoms in total. The Morgan fingerprint density at radius 1 is 1.03 bits per heavy atom. The Labute approximate surface area is 217 Å². The first-order valence-electron chi connectivity index (χ1n) is 11.6. The van der Waals surface area contributed by atoms with E-state index in [0.29, 0.717) is 15.7 Å². The first-order chi connectivity index (χ1) is 16.5. The summed E-state index contributed by atoms with van der Waals surface area (Å²) >= 11 is 12.1. The van der Waals surface area contributed by atoms with E-state index < -0.39 is 28.5 Å². The van der Waals surface area contributed by atoms with Gasteiger partial charge in [-0.05, 0) is 61.7 Å². The SMILES string of the molecule is C[C@H](C(=O)NC1CCCCC1)N(Cc1cccc(Cl)c1)C(=O)CN(c1ccc(Cl)cc1)S(C)(=O)=O. The molecule has 1 atom stereocenters. The monoisotopic (exact) mass is 539 g/mol. The maximum absolute atomic E-state index is 13.5. The molecule has 0 aromatic heterocycles. The standard InChI is InChI=1S/C25H31Cl2N3O4S/c1-18(25(32)28-22-9-4-3-5-10-22)29(16-19-7-6-8-21(27)15-19)24(31)17-30(35(2,33)34)23-13-11-20(26)12-14-23/h6-8,11-15,18,22H,3-5,9-10,16-17H2,1-2H3,(H,28,32)/t18-/m1/s1. The number of nitrogens with zero attached hydrogens (tertiary/aromatic N) is 2. The number of benzene rings is 2. The van der Waals surface area contributed by atoms with Gasteiger partial charge in [-0.3, -0.25) is 13.9 Å². The van der Waals surface area contributed by atoms with E-state index in [1.165, 1.54) is 17.0 Å². The van der Waals surface area contributed by atoms with Crippen LogP contribution >= 0.6 is 23.2 Å². The van der Waals surface area contributed by atoms with Crippen LogP contribution in [0.15, 0.2) is 48.5 Å². The van der Waals surface area contributed by atoms with Crippen LogP contribution in [0.2, 0.25) is 10.0 Å². The summed E-state index contributed by atoms with van der Waals surface area (Å²) in [6.07, 6.45) is 6.16. The van der Waals surface area contributed by atoms with E-state index in [-0.39, 0.29) is 18.5 Å². The van der Waals surface area contributed by atoms with Crippen LogP contribution in [-0.2, 0) is 26.2 Å². The molecular formula is C25H31Cl2N3O4S. The van der Waals surface area contributed by atoms with Crippen LogP contribution < -0.4 is 9.62 Å². The van der Waals surface area contributed by atoms with Gasteiger partial charge in [0.25, 0.3) is 0 Å². The molecule has 1 N–H and O–H groups in total. The Balaban J connectivity index is 1.86. The number of anilines is 1. The largest absolute Gasteiger partial charge is 0.352 e. The number of carbonyl (C=O) groups excluding carboxylic acids is 2. The van der Waals surface area contributed by atoms with Crippen molar-refractivity contribution in [3.63, 3.8) is 0 Å². The fourth-order valence-corrected chi connectivity index (χ4v) is 5.39. The fourth-order valence-electron chi connectivity index (χ4n) is 4.20. The molecule has 1 aliphatic rings. The molecule has 2 amide bonds. The number of halogens is 2. The van der Waals surface area contributed by atoms with E-state index in [4.69, 9.17) is 23.2 Å². The number of hydrogen-bond acceptors (Lipinski definition) is 4. The van der Waals surface area contributed by atoms with Gasteiger partial charge in [-0.1, -0.05) is 54.6 Å². The first kappa shape index (κ1) is 27.3. The van der Waals surface area contributed by atoms with Crippen LogP contribution in [0.5, 0.6) is 0 Å². The molecule has 0 aliphatic heterocycles. The molecule has 1 aliphatic carbocycles. The average molecular weight is 541 g/mol. The number of nitrogens with one attached hydrogen (secondary N) is 1. The number of sulfonamides is 1. The summed E-state index contributed by atoms with van der Waals surface area (Å²) < 4.78 is 26.2. The van der Waals surface area contributed by atoms with E-state index in [1.807, 2.05) is 6.07 Å². The molecule has 0 radical (unpaired) electrons. The molecular weight excluding hydrogens is 509 g/mol. The van der Waals surface area contributed by atoms with Gasteiger partial charge in [0.15, 0.2) is 0 Å². The third-order valence-electron chi connectivity index (χ3n) is 6.15. The summed E-state index contributed by atoms with van der Waals surface area (Å²) in [5.74, 6) is -0.763. The van der Waals surface area contributed by atoms with Crippen LogP contribution in [0, 0.1) is 0 Å². The van der Waals surface area contributed by atoms with Gasteiger partial charge in [-0.2, -0.15) is 0 Å². The lowest BCUT2D eigenvalue weighted by Crippen LogP contribution is -2.52. The highest BCUT2D eigenvalue weighted by Gasteiger charge is 2.31. The molecule has 1 saturated carbocycles. The minimum atomic E-state index is -3.79. The van der Waals surface area contributed by atoms with Crippen LogP contribution in [0.25, 0.3) is 0 Å². The van der Waals surface area contributed by atoms with Crippen molar-refractivity contribution >= 4 is 50.7 Å². The predicted octanol–water partition coefficient (Wildman–Crippen LogP) is 4.63. The second kappa shape index (κ2) is 12.1. The van der Waals surface area contributed by atoms with Crippen molar-refractivity contribution in [3.8, 4) is 0 Å². The van der Waals surface area contributed by atoms with E-state index in [9.17, 15) is 18.0 Å². The molecule has 0 unspecified atom stereocenters. The number of amides is 2. The lowest BCUT2D eigenvalue weighted by atomic mass is 9.95. The van der Waals surface area contributed by atoms with Crippen LogP contribution in [0.1, 0.15) is 44.6 Å². The highest BCUT2D eigenvalue weighted by Crippen LogP contribution is 2.22. The zero-order valence-corrected chi connectivity index (χ0v) is 22.2. The van der Waals surface area contributed by atoms with Crippen molar-refractivity contribution in [2.45, 2.75) is 57.7 Å². The maximum atomic E-state index is 13.5. The molecule has 190 valence electrons. The average Bonchev–Trinajstić information content (AvgIpc) is 2.81. The summed E-state index contributed by atoms with van der Waals surface area (Å²) in [6, 6.07) is 12.5. The Kier molecular flexibility index (Phi) is 9.44. The lowest BCUT2D eigenvalue weighted by molar-refractivity contribution is -0.139. The summed E-state index contributed by atoms with van der Waals surface area (Å²) in [5, 5.41) is 4.02. The van der Waals surface area contributed by atoms with Gasteiger partial charge >= 0.3 is 0 Å². The van der Waals surface area contributed by atoms with Crippen molar-refractivity contribution in [1.29, 1.82) is 0 Å². The first-order valence-corrected chi connectivity index (χ1v) is 14.2. The summed E-state index contributed by atoms with van der Waals surface area (Å²) in [7, 11) is -3.79. The Hall–Kier alpha value is -2.29. The molecule has 3 rings (SSSR count). The van der Waals surface area contributed by atoms with Crippen molar-refractivity contribution in [3.05, 3.63) is 64.1 Å². The fraction of sp³-hybridized carbons (Fsp3) is 0.440. The zero-order chi connectivity index (χ0) is 25.6. The second-order valence-corrected chi connectivity index (χ2v) is 11.7. The lowest BCUT2D eigenvalue weighted by Gasteiger charge is -2.33. The Morgan fingerprint density at radius 3 is 2.29 bits per heavy atom. The van der Waals surface area contributed by atoms with E-state index in [1.54, 1.807) is 37.3 Å².